The Morgan fingerprint density at radius 1 is 1.55 bits per heavy atom. The van der Waals surface area contributed by atoms with Crippen molar-refractivity contribution in [1.29, 1.82) is 0 Å². The molecule has 2 aliphatic heterocycles. The fourth-order valence-electron chi connectivity index (χ4n) is 1.55. The Bertz CT molecular complexity index is 181. The van der Waals surface area contributed by atoms with E-state index in [0.717, 1.165) is 19.6 Å². The molecule has 0 spiro atoms. The van der Waals surface area contributed by atoms with Crippen LogP contribution in [0, 0.1) is 5.92 Å². The molecule has 2 heterocycles. The number of hydrogen-bond donors (Lipinski definition) is 3. The Kier molecular flexibility index (Phi) is 1.92. The van der Waals surface area contributed by atoms with Crippen LogP contribution in [0.25, 0.3) is 0 Å². The van der Waals surface area contributed by atoms with Gasteiger partial charge in [-0.25, -0.2) is 0 Å². The zero-order valence-corrected chi connectivity index (χ0v) is 6.99. The minimum atomic E-state index is 0.156. The third kappa shape index (κ3) is 1.44. The molecule has 0 amide bonds. The molecule has 0 aromatic heterocycles. The van der Waals surface area contributed by atoms with Gasteiger partial charge in [-0.2, -0.15) is 0 Å². The van der Waals surface area contributed by atoms with Gasteiger partial charge in [-0.05, 0) is 6.42 Å². The van der Waals surface area contributed by atoms with Gasteiger partial charge in [-0.1, -0.05) is 0 Å². The van der Waals surface area contributed by atoms with Gasteiger partial charge in [0.1, 0.15) is 0 Å². The molecule has 0 aliphatic carbocycles. The van der Waals surface area contributed by atoms with Crippen LogP contribution in [-0.2, 0) is 0 Å². The maximum Gasteiger partial charge on any atom is 0.0843 e. The van der Waals surface area contributed by atoms with Crippen molar-refractivity contribution in [2.24, 2.45) is 5.92 Å². The third-order valence-corrected chi connectivity index (χ3v) is 2.50. The van der Waals surface area contributed by atoms with Crippen LogP contribution in [0.1, 0.15) is 6.42 Å². The summed E-state index contributed by atoms with van der Waals surface area (Å²) in [6, 6.07) is 0. The number of alkyl halides is 1. The van der Waals surface area contributed by atoms with Gasteiger partial charge in [0.15, 0.2) is 0 Å². The van der Waals surface area contributed by atoms with Crippen LogP contribution in [0.2, 0.25) is 0 Å². The molecule has 2 rings (SSSR count). The summed E-state index contributed by atoms with van der Waals surface area (Å²) in [5.41, 5.74) is 1.45. The monoisotopic (exact) mass is 173 g/mol. The van der Waals surface area contributed by atoms with E-state index in [-0.39, 0.29) is 5.50 Å². The first-order valence-corrected chi connectivity index (χ1v) is 4.34. The highest BCUT2D eigenvalue weighted by Crippen LogP contribution is 2.22. The summed E-state index contributed by atoms with van der Waals surface area (Å²) < 4.78 is 0. The molecule has 0 saturated carbocycles. The zero-order chi connectivity index (χ0) is 7.68. The van der Waals surface area contributed by atoms with E-state index in [1.807, 2.05) is 6.20 Å². The Hall–Kier alpha value is -0.410. The maximum atomic E-state index is 5.90. The predicted octanol–water partition coefficient (Wildman–Crippen LogP) is 0.152. The Morgan fingerprint density at radius 3 is 3.00 bits per heavy atom. The van der Waals surface area contributed by atoms with Crippen LogP contribution in [0.15, 0.2) is 11.9 Å². The SMILES string of the molecule is ClC1CC(C2=CNCN2)CN1. The molecule has 0 bridgehead atoms. The van der Waals surface area contributed by atoms with Crippen molar-refractivity contribution in [2.45, 2.75) is 11.9 Å². The van der Waals surface area contributed by atoms with Crippen molar-refractivity contribution >= 4 is 11.6 Å². The summed E-state index contributed by atoms with van der Waals surface area (Å²) in [5.74, 6) is 0.576. The van der Waals surface area contributed by atoms with E-state index in [1.54, 1.807) is 0 Å². The van der Waals surface area contributed by atoms with Gasteiger partial charge in [0, 0.05) is 24.4 Å². The van der Waals surface area contributed by atoms with E-state index in [0.29, 0.717) is 5.92 Å². The lowest BCUT2D eigenvalue weighted by molar-refractivity contribution is 0.625. The van der Waals surface area contributed by atoms with Crippen LogP contribution in [0.5, 0.6) is 0 Å². The molecular weight excluding hydrogens is 162 g/mol. The number of rotatable bonds is 1. The van der Waals surface area contributed by atoms with E-state index in [4.69, 9.17) is 11.6 Å². The average molecular weight is 174 g/mol. The van der Waals surface area contributed by atoms with Crippen LogP contribution in [-0.4, -0.2) is 18.7 Å². The normalized spacial score (nSPS) is 36.3. The fraction of sp³-hybridized carbons (Fsp3) is 0.714. The lowest BCUT2D eigenvalue weighted by Gasteiger charge is -2.08. The third-order valence-electron chi connectivity index (χ3n) is 2.17. The smallest absolute Gasteiger partial charge is 0.0843 e. The Balaban J connectivity index is 1.95. The highest BCUT2D eigenvalue weighted by atomic mass is 35.5. The molecule has 2 aliphatic rings. The second kappa shape index (κ2) is 2.91. The van der Waals surface area contributed by atoms with Gasteiger partial charge in [0.25, 0.3) is 0 Å². The average Bonchev–Trinajstić information content (AvgIpc) is 2.55. The first kappa shape index (κ1) is 7.25. The van der Waals surface area contributed by atoms with Crippen molar-refractivity contribution in [3.63, 3.8) is 0 Å². The lowest BCUT2D eigenvalue weighted by atomic mass is 10.1. The van der Waals surface area contributed by atoms with Crippen molar-refractivity contribution in [3.05, 3.63) is 11.9 Å². The highest BCUT2D eigenvalue weighted by molar-refractivity contribution is 6.20. The fourth-order valence-corrected chi connectivity index (χ4v) is 1.85. The van der Waals surface area contributed by atoms with Gasteiger partial charge < -0.3 is 16.0 Å². The van der Waals surface area contributed by atoms with E-state index in [1.165, 1.54) is 5.70 Å². The molecule has 3 nitrogen and oxygen atoms in total. The van der Waals surface area contributed by atoms with Crippen LogP contribution in [0.4, 0.5) is 0 Å². The minimum Gasteiger partial charge on any atom is -0.372 e. The number of hydrogen-bond acceptors (Lipinski definition) is 3. The molecule has 0 radical (unpaired) electrons. The first-order chi connectivity index (χ1) is 5.36. The predicted molar refractivity (Wildman–Crippen MR) is 45.0 cm³/mol. The zero-order valence-electron chi connectivity index (χ0n) is 6.23. The van der Waals surface area contributed by atoms with Crippen molar-refractivity contribution in [1.82, 2.24) is 16.0 Å². The molecule has 2 unspecified atom stereocenters. The second-order valence-corrected chi connectivity index (χ2v) is 3.49. The van der Waals surface area contributed by atoms with Crippen LogP contribution >= 0.6 is 11.6 Å². The maximum absolute atomic E-state index is 5.90. The molecule has 1 saturated heterocycles. The second-order valence-electron chi connectivity index (χ2n) is 2.97. The molecule has 62 valence electrons. The molecule has 0 aromatic rings. The standard InChI is InChI=1S/C7H12ClN3/c8-7-1-5(2-10-7)6-3-9-4-11-6/h3,5,7,9-11H,1-2,4H2. The molecule has 2 atom stereocenters. The summed E-state index contributed by atoms with van der Waals surface area (Å²) in [7, 11) is 0. The Morgan fingerprint density at radius 2 is 2.45 bits per heavy atom. The van der Waals surface area contributed by atoms with E-state index in [9.17, 15) is 0 Å². The van der Waals surface area contributed by atoms with E-state index >= 15 is 0 Å². The summed E-state index contributed by atoms with van der Waals surface area (Å²) in [4.78, 5) is 0. The van der Waals surface area contributed by atoms with Crippen LogP contribution < -0.4 is 16.0 Å². The first-order valence-electron chi connectivity index (χ1n) is 3.91. The van der Waals surface area contributed by atoms with E-state index in [2.05, 4.69) is 16.0 Å². The quantitative estimate of drug-likeness (QED) is 0.391. The van der Waals surface area contributed by atoms with Crippen molar-refractivity contribution < 1.29 is 0 Å². The lowest BCUT2D eigenvalue weighted by Crippen LogP contribution is -2.20. The van der Waals surface area contributed by atoms with Gasteiger partial charge in [-0.3, -0.25) is 0 Å². The molecule has 4 heteroatoms. The van der Waals surface area contributed by atoms with Gasteiger partial charge in [0.2, 0.25) is 0 Å². The molecular formula is C7H12ClN3. The topological polar surface area (TPSA) is 36.1 Å². The molecule has 11 heavy (non-hydrogen) atoms. The van der Waals surface area contributed by atoms with Gasteiger partial charge in [-0.15, -0.1) is 11.6 Å². The summed E-state index contributed by atoms with van der Waals surface area (Å²) in [6.07, 6.45) is 3.07. The largest absolute Gasteiger partial charge is 0.372 e. The minimum absolute atomic E-state index is 0.156. The summed E-state index contributed by atoms with van der Waals surface area (Å²) in [6.45, 7) is 1.85. The molecule has 0 aromatic carbocycles. The number of halogens is 1. The summed E-state index contributed by atoms with van der Waals surface area (Å²) in [5, 5.41) is 9.59. The Labute approximate surface area is 71.2 Å². The summed E-state index contributed by atoms with van der Waals surface area (Å²) >= 11 is 5.90. The van der Waals surface area contributed by atoms with Crippen molar-refractivity contribution in [3.8, 4) is 0 Å². The number of nitrogens with one attached hydrogen (secondary N) is 3. The van der Waals surface area contributed by atoms with Gasteiger partial charge in [0.05, 0.1) is 12.2 Å². The van der Waals surface area contributed by atoms with Crippen molar-refractivity contribution in [2.75, 3.05) is 13.2 Å². The van der Waals surface area contributed by atoms with Gasteiger partial charge >= 0.3 is 0 Å². The highest BCUT2D eigenvalue weighted by Gasteiger charge is 2.26. The molecule has 3 N–H and O–H groups in total. The molecule has 1 fully saturated rings. The van der Waals surface area contributed by atoms with Crippen LogP contribution in [0.3, 0.4) is 0 Å². The van der Waals surface area contributed by atoms with E-state index < -0.39 is 0 Å².